The van der Waals surface area contributed by atoms with Crippen LogP contribution in [0.1, 0.15) is 24.8 Å². The van der Waals surface area contributed by atoms with Gasteiger partial charge in [-0.2, -0.15) is 13.2 Å². The predicted molar refractivity (Wildman–Crippen MR) is 115 cm³/mol. The smallest absolute Gasteiger partial charge is 0.418 e. The van der Waals surface area contributed by atoms with Crippen LogP contribution < -0.4 is 10.6 Å². The van der Waals surface area contributed by atoms with Crippen LogP contribution in [-0.4, -0.2) is 16.8 Å². The summed E-state index contributed by atoms with van der Waals surface area (Å²) in [5.41, 5.74) is -0.963. The highest BCUT2D eigenvalue weighted by Crippen LogP contribution is 2.37. The zero-order valence-corrected chi connectivity index (χ0v) is 18.0. The summed E-state index contributed by atoms with van der Waals surface area (Å²) in [4.78, 5) is 27.4. The number of aryl methyl sites for hydroxylation is 1. The molecule has 3 rings (SSSR count). The fourth-order valence-electron chi connectivity index (χ4n) is 2.84. The lowest BCUT2D eigenvalue weighted by atomic mass is 10.1. The summed E-state index contributed by atoms with van der Waals surface area (Å²) in [5, 5.41) is 5.34. The van der Waals surface area contributed by atoms with Crippen molar-refractivity contribution in [2.24, 2.45) is 0 Å². The van der Waals surface area contributed by atoms with Gasteiger partial charge in [-0.3, -0.25) is 9.59 Å². The van der Waals surface area contributed by atoms with Gasteiger partial charge in [0.05, 0.1) is 22.5 Å². The van der Waals surface area contributed by atoms with Crippen LogP contribution in [0.5, 0.6) is 0 Å². The molecule has 1 heterocycles. The van der Waals surface area contributed by atoms with E-state index >= 15 is 0 Å². The number of alkyl halides is 3. The number of hydrogen-bond acceptors (Lipinski definition) is 4. The maximum absolute atomic E-state index is 13.4. The molecule has 0 atom stereocenters. The van der Waals surface area contributed by atoms with Gasteiger partial charge < -0.3 is 15.1 Å². The van der Waals surface area contributed by atoms with Gasteiger partial charge in [0, 0.05) is 36.0 Å². The number of nitrogens with one attached hydrogen (secondary N) is 2. The molecule has 0 aliphatic rings. The van der Waals surface area contributed by atoms with Crippen LogP contribution in [0.25, 0.3) is 11.3 Å². The molecule has 0 radical (unpaired) electrons. The van der Waals surface area contributed by atoms with Crippen LogP contribution in [0.3, 0.4) is 0 Å². The molecule has 0 spiro atoms. The molecule has 0 aliphatic heterocycles. The number of halogens is 5. The largest absolute Gasteiger partial charge is 0.441 e. The number of aromatic nitrogens is 1. The fourth-order valence-corrected chi connectivity index (χ4v) is 3.34. The van der Waals surface area contributed by atoms with Gasteiger partial charge in [0.25, 0.3) is 0 Å². The van der Waals surface area contributed by atoms with Crippen molar-refractivity contribution in [3.05, 3.63) is 64.1 Å². The molecule has 3 aromatic rings. The predicted octanol–water partition coefficient (Wildman–Crippen LogP) is 6.20. The summed E-state index contributed by atoms with van der Waals surface area (Å²) in [6.45, 7) is 1.18. The van der Waals surface area contributed by atoms with Gasteiger partial charge in [-0.15, -0.1) is 0 Å². The topological polar surface area (TPSA) is 84.2 Å². The summed E-state index contributed by atoms with van der Waals surface area (Å²) >= 11 is 12.0. The van der Waals surface area contributed by atoms with Crippen molar-refractivity contribution < 1.29 is 27.2 Å². The Morgan fingerprint density at radius 1 is 1.09 bits per heavy atom. The molecule has 6 nitrogen and oxygen atoms in total. The van der Waals surface area contributed by atoms with Crippen LogP contribution in [0.15, 0.2) is 47.0 Å². The quantitative estimate of drug-likeness (QED) is 0.435. The van der Waals surface area contributed by atoms with Crippen LogP contribution >= 0.6 is 23.2 Å². The summed E-state index contributed by atoms with van der Waals surface area (Å²) in [6, 6.07) is 7.94. The summed E-state index contributed by atoms with van der Waals surface area (Å²) in [6.07, 6.45) is -3.40. The Bertz CT molecular complexity index is 1160. The van der Waals surface area contributed by atoms with E-state index in [2.05, 4.69) is 15.6 Å². The van der Waals surface area contributed by atoms with E-state index in [-0.39, 0.29) is 24.4 Å². The second-order valence-corrected chi connectivity index (χ2v) is 7.57. The van der Waals surface area contributed by atoms with E-state index in [0.717, 1.165) is 12.1 Å². The number of oxazole rings is 1. The number of rotatable bonds is 6. The van der Waals surface area contributed by atoms with Crippen LogP contribution in [-0.2, 0) is 22.2 Å². The normalized spacial score (nSPS) is 11.3. The first-order valence-electron chi connectivity index (χ1n) is 9.22. The van der Waals surface area contributed by atoms with Crippen molar-refractivity contribution in [3.63, 3.8) is 0 Å². The van der Waals surface area contributed by atoms with E-state index in [9.17, 15) is 22.8 Å². The van der Waals surface area contributed by atoms with Crippen molar-refractivity contribution in [1.82, 2.24) is 4.98 Å². The minimum absolute atomic E-state index is 0.0315. The van der Waals surface area contributed by atoms with Crippen LogP contribution in [0.2, 0.25) is 10.0 Å². The van der Waals surface area contributed by atoms with Crippen molar-refractivity contribution in [2.45, 2.75) is 25.9 Å². The van der Waals surface area contributed by atoms with Gasteiger partial charge >= 0.3 is 6.18 Å². The Hall–Kier alpha value is -3.04. The number of amides is 2. The van der Waals surface area contributed by atoms with Gasteiger partial charge in [-0.05, 0) is 36.4 Å². The lowest BCUT2D eigenvalue weighted by Gasteiger charge is -2.15. The van der Waals surface area contributed by atoms with Gasteiger partial charge in [0.1, 0.15) is 0 Å². The Balaban J connectivity index is 1.68. The minimum Gasteiger partial charge on any atom is -0.441 e. The molecule has 0 saturated carbocycles. The van der Waals surface area contributed by atoms with Gasteiger partial charge in [-0.1, -0.05) is 23.2 Å². The van der Waals surface area contributed by atoms with E-state index in [0.29, 0.717) is 21.4 Å². The third kappa shape index (κ3) is 6.02. The monoisotopic (exact) mass is 485 g/mol. The first kappa shape index (κ1) is 23.6. The van der Waals surface area contributed by atoms with Gasteiger partial charge in [-0.25, -0.2) is 4.98 Å². The third-order valence-electron chi connectivity index (χ3n) is 4.24. The molecule has 2 N–H and O–H groups in total. The number of nitrogens with zero attached hydrogens (tertiary/aromatic N) is 1. The van der Waals surface area contributed by atoms with Crippen LogP contribution in [0.4, 0.5) is 24.5 Å². The number of benzene rings is 2. The Morgan fingerprint density at radius 2 is 1.84 bits per heavy atom. The SMILES string of the molecule is CC(=O)Nc1ccc(NC(=O)CCc2ncc(-c3ccc(Cl)cc3Cl)o2)c(C(F)(F)F)c1. The molecular formula is C21H16Cl2F3N3O3. The molecule has 0 bridgehead atoms. The molecular weight excluding hydrogens is 470 g/mol. The maximum Gasteiger partial charge on any atom is 0.418 e. The first-order valence-corrected chi connectivity index (χ1v) is 9.97. The standard InChI is InChI=1S/C21H16Cl2F3N3O3/c1-11(30)28-13-3-5-17(15(9-13)21(24,25)26)29-19(31)6-7-20-27-10-18(32-20)14-4-2-12(22)8-16(14)23/h2-5,8-10H,6-7H2,1H3,(H,28,30)(H,29,31). The summed E-state index contributed by atoms with van der Waals surface area (Å²) in [7, 11) is 0. The molecule has 0 fully saturated rings. The molecule has 1 aromatic heterocycles. The highest BCUT2D eigenvalue weighted by Gasteiger charge is 2.34. The molecule has 0 unspecified atom stereocenters. The number of carbonyl (C=O) groups is 2. The second kappa shape index (κ2) is 9.62. The number of anilines is 2. The number of carbonyl (C=O) groups excluding carboxylic acids is 2. The van der Waals surface area contributed by atoms with E-state index in [4.69, 9.17) is 27.6 Å². The summed E-state index contributed by atoms with van der Waals surface area (Å²) < 4.78 is 45.7. The first-order chi connectivity index (χ1) is 15.0. The van der Waals surface area contributed by atoms with Crippen molar-refractivity contribution in [2.75, 3.05) is 10.6 Å². The van der Waals surface area contributed by atoms with Crippen molar-refractivity contribution >= 4 is 46.4 Å². The van der Waals surface area contributed by atoms with E-state index in [1.807, 2.05) is 0 Å². The molecule has 2 aromatic carbocycles. The zero-order chi connectivity index (χ0) is 23.5. The Kier molecular flexibility index (Phi) is 7.10. The molecule has 168 valence electrons. The maximum atomic E-state index is 13.4. The Labute approximate surface area is 190 Å². The molecule has 0 saturated heterocycles. The Morgan fingerprint density at radius 3 is 2.50 bits per heavy atom. The average molecular weight is 486 g/mol. The van der Waals surface area contributed by atoms with Crippen molar-refractivity contribution in [3.8, 4) is 11.3 Å². The average Bonchev–Trinajstić information content (AvgIpc) is 3.15. The lowest BCUT2D eigenvalue weighted by Crippen LogP contribution is -2.17. The molecule has 11 heteroatoms. The zero-order valence-electron chi connectivity index (χ0n) is 16.5. The second-order valence-electron chi connectivity index (χ2n) is 6.73. The summed E-state index contributed by atoms with van der Waals surface area (Å²) in [5.74, 6) is -0.583. The van der Waals surface area contributed by atoms with E-state index in [1.54, 1.807) is 18.2 Å². The minimum atomic E-state index is -4.73. The fraction of sp³-hybridized carbons (Fsp3) is 0.190. The molecule has 0 aliphatic carbocycles. The number of hydrogen-bond donors (Lipinski definition) is 2. The van der Waals surface area contributed by atoms with Gasteiger partial charge in [0.2, 0.25) is 11.8 Å². The van der Waals surface area contributed by atoms with E-state index < -0.39 is 29.2 Å². The lowest BCUT2D eigenvalue weighted by molar-refractivity contribution is -0.137. The van der Waals surface area contributed by atoms with Gasteiger partial charge in [0.15, 0.2) is 11.7 Å². The van der Waals surface area contributed by atoms with E-state index in [1.165, 1.54) is 19.2 Å². The molecule has 32 heavy (non-hydrogen) atoms. The molecule has 2 amide bonds. The van der Waals surface area contributed by atoms with Crippen molar-refractivity contribution in [1.29, 1.82) is 0 Å². The highest BCUT2D eigenvalue weighted by molar-refractivity contribution is 6.36. The highest BCUT2D eigenvalue weighted by atomic mass is 35.5. The third-order valence-corrected chi connectivity index (χ3v) is 4.78. The van der Waals surface area contributed by atoms with Crippen LogP contribution in [0, 0.1) is 0 Å².